The highest BCUT2D eigenvalue weighted by Gasteiger charge is 2.29. The number of carbonyl (C=O) groups is 1. The van der Waals surface area contributed by atoms with Crippen LogP contribution in [-0.4, -0.2) is 40.2 Å². The summed E-state index contributed by atoms with van der Waals surface area (Å²) in [7, 11) is 1.80. The lowest BCUT2D eigenvalue weighted by atomic mass is 10.1. The third kappa shape index (κ3) is 2.65. The fourth-order valence-corrected chi connectivity index (χ4v) is 3.13. The lowest BCUT2D eigenvalue weighted by molar-refractivity contribution is 0.0741. The number of fused-ring (bicyclic) bond motifs is 1. The van der Waals surface area contributed by atoms with Crippen molar-refractivity contribution < 1.29 is 4.79 Å². The summed E-state index contributed by atoms with van der Waals surface area (Å²) in [5.41, 5.74) is 10.8. The summed E-state index contributed by atoms with van der Waals surface area (Å²) in [4.78, 5) is 14.5. The third-order valence-electron chi connectivity index (χ3n) is 4.80. The topological polar surface area (TPSA) is 64.2 Å². The molecule has 1 atom stereocenters. The molecule has 1 aliphatic carbocycles. The molecule has 23 heavy (non-hydrogen) atoms. The molecular formula is C18H24N4O. The molecule has 1 aromatic heterocycles. The Labute approximate surface area is 137 Å². The van der Waals surface area contributed by atoms with E-state index < -0.39 is 0 Å². The minimum absolute atomic E-state index is 0.00293. The Morgan fingerprint density at radius 1 is 1.39 bits per heavy atom. The van der Waals surface area contributed by atoms with Gasteiger partial charge in [0.1, 0.15) is 0 Å². The first-order valence-corrected chi connectivity index (χ1v) is 8.18. The lowest BCUT2D eigenvalue weighted by Gasteiger charge is -2.23. The Hall–Kier alpha value is -2.14. The van der Waals surface area contributed by atoms with Gasteiger partial charge in [-0.1, -0.05) is 18.2 Å². The Balaban J connectivity index is 2.06. The van der Waals surface area contributed by atoms with Crippen LogP contribution in [0.1, 0.15) is 40.7 Å². The van der Waals surface area contributed by atoms with Gasteiger partial charge in [-0.3, -0.25) is 4.79 Å². The molecule has 1 unspecified atom stereocenters. The number of benzene rings is 1. The molecule has 0 bridgehead atoms. The Morgan fingerprint density at radius 3 is 2.83 bits per heavy atom. The van der Waals surface area contributed by atoms with E-state index in [1.54, 1.807) is 11.9 Å². The van der Waals surface area contributed by atoms with E-state index in [0.717, 1.165) is 36.1 Å². The standard InChI is InChI=1S/C18H24N4O/c1-12-7-4-5-9-15(12)22-16-10-6-8-14(16)17(20-22)18(23)21(3)13(2)11-19/h4-5,7,9,13H,6,8,10-11,19H2,1-3H3. The number of hydrogen-bond donors (Lipinski definition) is 1. The predicted molar refractivity (Wildman–Crippen MR) is 90.9 cm³/mol. The zero-order valence-electron chi connectivity index (χ0n) is 14.0. The van der Waals surface area contributed by atoms with Gasteiger partial charge in [0, 0.05) is 30.9 Å². The first-order chi connectivity index (χ1) is 11.0. The van der Waals surface area contributed by atoms with Crippen LogP contribution in [0.15, 0.2) is 24.3 Å². The molecule has 0 spiro atoms. The van der Waals surface area contributed by atoms with Gasteiger partial charge in [-0.15, -0.1) is 0 Å². The molecule has 5 nitrogen and oxygen atoms in total. The van der Waals surface area contributed by atoms with E-state index in [0.29, 0.717) is 12.2 Å². The molecule has 1 amide bonds. The fraction of sp³-hybridized carbons (Fsp3) is 0.444. The van der Waals surface area contributed by atoms with Crippen LogP contribution < -0.4 is 5.73 Å². The minimum atomic E-state index is -0.0339. The summed E-state index contributed by atoms with van der Waals surface area (Å²) in [6, 6.07) is 8.16. The number of carbonyl (C=O) groups excluding carboxylic acids is 1. The maximum absolute atomic E-state index is 12.8. The average molecular weight is 312 g/mol. The second-order valence-electron chi connectivity index (χ2n) is 6.33. The predicted octanol–water partition coefficient (Wildman–Crippen LogP) is 2.09. The van der Waals surface area contributed by atoms with E-state index in [9.17, 15) is 4.79 Å². The van der Waals surface area contributed by atoms with Crippen LogP contribution in [-0.2, 0) is 12.8 Å². The molecule has 3 rings (SSSR count). The minimum Gasteiger partial charge on any atom is -0.336 e. The summed E-state index contributed by atoms with van der Waals surface area (Å²) < 4.78 is 1.96. The van der Waals surface area contributed by atoms with Crippen LogP contribution >= 0.6 is 0 Å². The maximum atomic E-state index is 12.8. The smallest absolute Gasteiger partial charge is 0.274 e. The number of para-hydroxylation sites is 1. The summed E-state index contributed by atoms with van der Waals surface area (Å²) in [5.74, 6) is -0.0339. The van der Waals surface area contributed by atoms with Crippen LogP contribution in [0.3, 0.4) is 0 Å². The average Bonchev–Trinajstić information content (AvgIpc) is 3.16. The second kappa shape index (κ2) is 6.16. The van der Waals surface area contributed by atoms with Gasteiger partial charge < -0.3 is 10.6 Å². The molecule has 1 aromatic carbocycles. The van der Waals surface area contributed by atoms with Gasteiger partial charge in [-0.2, -0.15) is 5.10 Å². The fourth-order valence-electron chi connectivity index (χ4n) is 3.13. The number of likely N-dealkylation sites (N-methyl/N-ethyl adjacent to an activating group) is 1. The van der Waals surface area contributed by atoms with Crippen molar-refractivity contribution in [3.8, 4) is 5.69 Å². The SMILES string of the molecule is Cc1ccccc1-n1nc(C(=O)N(C)C(C)CN)c2c1CCC2. The normalized spacial score (nSPS) is 14.6. The van der Waals surface area contributed by atoms with Crippen LogP contribution in [0.5, 0.6) is 0 Å². The van der Waals surface area contributed by atoms with Gasteiger partial charge in [-0.05, 0) is 44.7 Å². The van der Waals surface area contributed by atoms with Crippen LogP contribution in [0.2, 0.25) is 0 Å². The van der Waals surface area contributed by atoms with E-state index in [1.165, 1.54) is 5.69 Å². The monoisotopic (exact) mass is 312 g/mol. The van der Waals surface area contributed by atoms with Gasteiger partial charge in [0.15, 0.2) is 5.69 Å². The number of amides is 1. The van der Waals surface area contributed by atoms with Crippen LogP contribution in [0, 0.1) is 6.92 Å². The zero-order chi connectivity index (χ0) is 16.6. The lowest BCUT2D eigenvalue weighted by Crippen LogP contribution is -2.40. The summed E-state index contributed by atoms with van der Waals surface area (Å²) in [6.45, 7) is 4.47. The van der Waals surface area contributed by atoms with E-state index in [1.807, 2.05) is 23.7 Å². The third-order valence-corrected chi connectivity index (χ3v) is 4.80. The van der Waals surface area contributed by atoms with Crippen LogP contribution in [0.25, 0.3) is 5.69 Å². The molecule has 1 heterocycles. The van der Waals surface area contributed by atoms with E-state index in [4.69, 9.17) is 5.73 Å². The van der Waals surface area contributed by atoms with Crippen molar-refractivity contribution in [3.63, 3.8) is 0 Å². The van der Waals surface area contributed by atoms with Crippen molar-refractivity contribution in [1.29, 1.82) is 0 Å². The molecule has 1 aliphatic rings. The van der Waals surface area contributed by atoms with E-state index in [2.05, 4.69) is 24.2 Å². The van der Waals surface area contributed by atoms with Gasteiger partial charge in [0.2, 0.25) is 0 Å². The number of nitrogens with zero attached hydrogens (tertiary/aromatic N) is 3. The molecule has 0 saturated carbocycles. The molecule has 0 saturated heterocycles. The Bertz CT molecular complexity index is 735. The summed E-state index contributed by atoms with van der Waals surface area (Å²) in [5, 5.41) is 4.69. The molecule has 5 heteroatoms. The Morgan fingerprint density at radius 2 is 2.13 bits per heavy atom. The largest absolute Gasteiger partial charge is 0.336 e. The van der Waals surface area contributed by atoms with Crippen molar-refractivity contribution in [2.24, 2.45) is 5.73 Å². The molecule has 2 aromatic rings. The number of hydrogen-bond acceptors (Lipinski definition) is 3. The van der Waals surface area contributed by atoms with Gasteiger partial charge in [0.05, 0.1) is 5.69 Å². The first-order valence-electron chi connectivity index (χ1n) is 8.18. The van der Waals surface area contributed by atoms with Crippen molar-refractivity contribution in [1.82, 2.24) is 14.7 Å². The van der Waals surface area contributed by atoms with Crippen molar-refractivity contribution in [2.45, 2.75) is 39.2 Å². The van der Waals surface area contributed by atoms with Gasteiger partial charge in [0.25, 0.3) is 5.91 Å². The first kappa shape index (κ1) is 15.7. The second-order valence-corrected chi connectivity index (χ2v) is 6.33. The van der Waals surface area contributed by atoms with Crippen molar-refractivity contribution in [3.05, 3.63) is 46.8 Å². The highest BCUT2D eigenvalue weighted by atomic mass is 16.2. The maximum Gasteiger partial charge on any atom is 0.274 e. The quantitative estimate of drug-likeness (QED) is 0.940. The van der Waals surface area contributed by atoms with Gasteiger partial charge in [-0.25, -0.2) is 4.68 Å². The van der Waals surface area contributed by atoms with Crippen LogP contribution in [0.4, 0.5) is 0 Å². The molecular weight excluding hydrogens is 288 g/mol. The molecule has 0 fully saturated rings. The molecule has 0 radical (unpaired) electrons. The number of rotatable bonds is 4. The molecule has 0 aliphatic heterocycles. The number of aryl methyl sites for hydroxylation is 1. The summed E-state index contributed by atoms with van der Waals surface area (Å²) in [6.07, 6.45) is 2.97. The summed E-state index contributed by atoms with van der Waals surface area (Å²) >= 11 is 0. The van der Waals surface area contributed by atoms with E-state index >= 15 is 0 Å². The highest BCUT2D eigenvalue weighted by Crippen LogP contribution is 2.29. The number of nitrogens with two attached hydrogens (primary N) is 1. The molecule has 2 N–H and O–H groups in total. The number of aromatic nitrogens is 2. The van der Waals surface area contributed by atoms with E-state index in [-0.39, 0.29) is 11.9 Å². The Kier molecular flexibility index (Phi) is 4.22. The molecule has 122 valence electrons. The zero-order valence-corrected chi connectivity index (χ0v) is 14.0. The van der Waals surface area contributed by atoms with Crippen molar-refractivity contribution >= 4 is 5.91 Å². The highest BCUT2D eigenvalue weighted by molar-refractivity contribution is 5.94. The van der Waals surface area contributed by atoms with Gasteiger partial charge >= 0.3 is 0 Å². The van der Waals surface area contributed by atoms with Crippen molar-refractivity contribution in [2.75, 3.05) is 13.6 Å².